The van der Waals surface area contributed by atoms with E-state index in [1.807, 2.05) is 39.8 Å². The highest BCUT2D eigenvalue weighted by molar-refractivity contribution is 5.88. The summed E-state index contributed by atoms with van der Waals surface area (Å²) in [5.41, 5.74) is 3.13. The van der Waals surface area contributed by atoms with Gasteiger partial charge in [0.15, 0.2) is 22.9 Å². The molecule has 0 N–H and O–H groups in total. The first-order valence-corrected chi connectivity index (χ1v) is 5.37. The Hall–Kier alpha value is -1.84. The van der Waals surface area contributed by atoms with Gasteiger partial charge in [-0.05, 0) is 0 Å². The first-order valence-electron chi connectivity index (χ1n) is 5.37. The van der Waals surface area contributed by atoms with Gasteiger partial charge in [0.1, 0.15) is 11.0 Å². The predicted molar refractivity (Wildman–Crippen MR) is 62.4 cm³/mol. The fourth-order valence-electron chi connectivity index (χ4n) is 1.58. The molecule has 4 heteroatoms. The van der Waals surface area contributed by atoms with Crippen LogP contribution in [0.15, 0.2) is 21.0 Å². The van der Waals surface area contributed by atoms with Gasteiger partial charge in [-0.2, -0.15) is 0 Å². The second-order valence-corrected chi connectivity index (χ2v) is 3.25. The summed E-state index contributed by atoms with van der Waals surface area (Å²) in [4.78, 5) is 8.44. The summed E-state index contributed by atoms with van der Waals surface area (Å²) in [7, 11) is 0. The van der Waals surface area contributed by atoms with Crippen LogP contribution in [0, 0.1) is 13.8 Å². The van der Waals surface area contributed by atoms with Crippen LogP contribution in [0.3, 0.4) is 0 Å². The van der Waals surface area contributed by atoms with Crippen molar-refractivity contribution in [2.24, 2.45) is 0 Å². The van der Waals surface area contributed by atoms with Crippen molar-refractivity contribution in [3.63, 3.8) is 0 Å². The molecule has 0 saturated heterocycles. The zero-order valence-electron chi connectivity index (χ0n) is 9.87. The van der Waals surface area contributed by atoms with E-state index in [9.17, 15) is 0 Å². The van der Waals surface area contributed by atoms with Crippen molar-refractivity contribution in [1.29, 1.82) is 0 Å². The molecule has 0 bridgehead atoms. The minimum absolute atomic E-state index is 0.657. The molecular weight excluding hydrogens is 204 g/mol. The SMILES string of the molecule is CC.Cc1nc2cc3oc(C)nc3cc2o1. The fourth-order valence-corrected chi connectivity index (χ4v) is 1.58. The summed E-state index contributed by atoms with van der Waals surface area (Å²) < 4.78 is 10.8. The van der Waals surface area contributed by atoms with Crippen LogP contribution in [0.5, 0.6) is 0 Å². The summed E-state index contributed by atoms with van der Waals surface area (Å²) in [6, 6.07) is 3.70. The fraction of sp³-hybridized carbons (Fsp3) is 0.333. The molecule has 84 valence electrons. The monoisotopic (exact) mass is 218 g/mol. The number of rotatable bonds is 0. The second-order valence-electron chi connectivity index (χ2n) is 3.25. The maximum atomic E-state index is 5.39. The van der Waals surface area contributed by atoms with Gasteiger partial charge >= 0.3 is 0 Å². The van der Waals surface area contributed by atoms with Crippen LogP contribution in [0.1, 0.15) is 25.6 Å². The molecule has 0 atom stereocenters. The number of benzene rings is 1. The molecule has 3 rings (SSSR count). The molecule has 3 aromatic rings. The van der Waals surface area contributed by atoms with Crippen LogP contribution in [0.2, 0.25) is 0 Å². The van der Waals surface area contributed by atoms with Gasteiger partial charge in [-0.15, -0.1) is 0 Å². The Morgan fingerprint density at radius 3 is 1.56 bits per heavy atom. The van der Waals surface area contributed by atoms with E-state index >= 15 is 0 Å². The molecule has 0 amide bonds. The summed E-state index contributed by atoms with van der Waals surface area (Å²) in [5.74, 6) is 1.31. The summed E-state index contributed by atoms with van der Waals surface area (Å²) in [6.07, 6.45) is 0. The van der Waals surface area contributed by atoms with Crippen LogP contribution in [-0.2, 0) is 0 Å². The van der Waals surface area contributed by atoms with Gasteiger partial charge in [0.2, 0.25) is 0 Å². The van der Waals surface area contributed by atoms with E-state index in [2.05, 4.69) is 9.97 Å². The van der Waals surface area contributed by atoms with E-state index in [0.717, 1.165) is 22.2 Å². The highest BCUT2D eigenvalue weighted by atomic mass is 16.4. The number of nitrogens with zero attached hydrogens (tertiary/aromatic N) is 2. The maximum Gasteiger partial charge on any atom is 0.192 e. The van der Waals surface area contributed by atoms with Gasteiger partial charge in [-0.25, -0.2) is 9.97 Å². The number of oxazole rings is 2. The number of fused-ring (bicyclic) bond motifs is 2. The quantitative estimate of drug-likeness (QED) is 0.578. The van der Waals surface area contributed by atoms with Crippen molar-refractivity contribution in [1.82, 2.24) is 9.97 Å². The topological polar surface area (TPSA) is 52.1 Å². The predicted octanol–water partition coefficient (Wildman–Crippen LogP) is 3.61. The molecule has 0 radical (unpaired) electrons. The lowest BCUT2D eigenvalue weighted by Crippen LogP contribution is -1.70. The number of hydrogen-bond acceptors (Lipinski definition) is 4. The van der Waals surface area contributed by atoms with Gasteiger partial charge in [-0.3, -0.25) is 0 Å². The van der Waals surface area contributed by atoms with Crippen molar-refractivity contribution in [3.05, 3.63) is 23.9 Å². The average Bonchev–Trinajstić information content (AvgIpc) is 2.76. The van der Waals surface area contributed by atoms with E-state index in [1.165, 1.54) is 0 Å². The highest BCUT2D eigenvalue weighted by Gasteiger charge is 2.08. The molecule has 0 aliphatic rings. The Morgan fingerprint density at radius 2 is 1.19 bits per heavy atom. The highest BCUT2D eigenvalue weighted by Crippen LogP contribution is 2.23. The first kappa shape index (κ1) is 10.7. The Balaban J connectivity index is 0.000000457. The second kappa shape index (κ2) is 3.96. The van der Waals surface area contributed by atoms with Crippen molar-refractivity contribution in [3.8, 4) is 0 Å². The molecule has 0 fully saturated rings. The van der Waals surface area contributed by atoms with Gasteiger partial charge in [0.05, 0.1) is 0 Å². The Morgan fingerprint density at radius 1 is 0.812 bits per heavy atom. The molecule has 0 aliphatic carbocycles. The number of aromatic nitrogens is 2. The molecule has 2 aromatic heterocycles. The Bertz CT molecular complexity index is 520. The number of aryl methyl sites for hydroxylation is 2. The van der Waals surface area contributed by atoms with Crippen molar-refractivity contribution in [2.75, 3.05) is 0 Å². The van der Waals surface area contributed by atoms with Gasteiger partial charge < -0.3 is 8.83 Å². The Labute approximate surface area is 93.3 Å². The molecular formula is C12H14N2O2. The van der Waals surface area contributed by atoms with Gasteiger partial charge in [0.25, 0.3) is 0 Å². The zero-order chi connectivity index (χ0) is 11.7. The van der Waals surface area contributed by atoms with E-state index < -0.39 is 0 Å². The largest absolute Gasteiger partial charge is 0.441 e. The minimum atomic E-state index is 0.657. The minimum Gasteiger partial charge on any atom is -0.441 e. The van der Waals surface area contributed by atoms with E-state index in [4.69, 9.17) is 8.83 Å². The van der Waals surface area contributed by atoms with E-state index in [1.54, 1.807) is 0 Å². The van der Waals surface area contributed by atoms with Crippen LogP contribution < -0.4 is 0 Å². The van der Waals surface area contributed by atoms with Crippen LogP contribution in [-0.4, -0.2) is 9.97 Å². The molecule has 1 aromatic carbocycles. The van der Waals surface area contributed by atoms with Crippen molar-refractivity contribution >= 4 is 22.2 Å². The zero-order valence-corrected chi connectivity index (χ0v) is 9.87. The van der Waals surface area contributed by atoms with Crippen molar-refractivity contribution in [2.45, 2.75) is 27.7 Å². The molecule has 0 saturated carbocycles. The molecule has 16 heavy (non-hydrogen) atoms. The Kier molecular flexibility index (Phi) is 2.64. The summed E-state index contributed by atoms with van der Waals surface area (Å²) in [5, 5.41) is 0. The molecule has 0 unspecified atom stereocenters. The van der Waals surface area contributed by atoms with Crippen LogP contribution in [0.25, 0.3) is 22.2 Å². The lowest BCUT2D eigenvalue weighted by molar-refractivity contribution is 0.560. The third-order valence-corrected chi connectivity index (χ3v) is 2.11. The third kappa shape index (κ3) is 1.66. The normalized spacial score (nSPS) is 10.5. The lowest BCUT2D eigenvalue weighted by Gasteiger charge is -1.84. The first-order chi connectivity index (χ1) is 7.72. The maximum absolute atomic E-state index is 5.39. The average molecular weight is 218 g/mol. The van der Waals surface area contributed by atoms with Gasteiger partial charge in [0, 0.05) is 26.0 Å². The lowest BCUT2D eigenvalue weighted by atomic mass is 10.3. The van der Waals surface area contributed by atoms with Crippen molar-refractivity contribution < 1.29 is 8.83 Å². The van der Waals surface area contributed by atoms with E-state index in [0.29, 0.717) is 11.8 Å². The summed E-state index contributed by atoms with van der Waals surface area (Å²) >= 11 is 0. The standard InChI is InChI=1S/C10H8N2O2.C2H6/c1-5-11-7-3-10-8(4-9(7)13-5)12-6(2)14-10;1-2/h3-4H,1-2H3;1-2H3. The molecule has 2 heterocycles. The third-order valence-electron chi connectivity index (χ3n) is 2.11. The molecule has 0 spiro atoms. The van der Waals surface area contributed by atoms with Crippen LogP contribution >= 0.6 is 0 Å². The molecule has 0 aliphatic heterocycles. The van der Waals surface area contributed by atoms with Crippen LogP contribution in [0.4, 0.5) is 0 Å². The van der Waals surface area contributed by atoms with Gasteiger partial charge in [-0.1, -0.05) is 13.8 Å². The smallest absolute Gasteiger partial charge is 0.192 e. The molecule has 4 nitrogen and oxygen atoms in total. The number of hydrogen-bond donors (Lipinski definition) is 0. The summed E-state index contributed by atoms with van der Waals surface area (Å²) in [6.45, 7) is 7.64. The van der Waals surface area contributed by atoms with E-state index in [-0.39, 0.29) is 0 Å².